The van der Waals surface area contributed by atoms with Crippen LogP contribution in [0.5, 0.6) is 0 Å². The van der Waals surface area contributed by atoms with E-state index in [4.69, 9.17) is 17.3 Å². The predicted molar refractivity (Wildman–Crippen MR) is 70.3 cm³/mol. The van der Waals surface area contributed by atoms with Crippen LogP contribution in [0, 0.1) is 5.92 Å². The average Bonchev–Trinajstić information content (AvgIpc) is 2.25. The highest BCUT2D eigenvalue weighted by Gasteiger charge is 2.32. The smallest absolute Gasteiger partial charge is 0.228 e. The third kappa shape index (κ3) is 3.43. The summed E-state index contributed by atoms with van der Waals surface area (Å²) in [5, 5.41) is 13.5. The Hall–Kier alpha value is -1.14. The first-order chi connectivity index (χ1) is 8.47. The minimum Gasteiger partial charge on any atom is -0.388 e. The van der Waals surface area contributed by atoms with Gasteiger partial charge in [-0.25, -0.2) is 0 Å². The molecule has 1 aliphatic rings. The normalized spacial score (nSPS) is 28.1. The number of hydrogen-bond acceptors (Lipinski definition) is 6. The van der Waals surface area contributed by atoms with Gasteiger partial charge in [-0.3, -0.25) is 0 Å². The lowest BCUT2D eigenvalue weighted by molar-refractivity contribution is -0.000898. The summed E-state index contributed by atoms with van der Waals surface area (Å²) in [6, 6.07) is 0. The van der Waals surface area contributed by atoms with E-state index in [0.29, 0.717) is 18.4 Å². The third-order valence-electron chi connectivity index (χ3n) is 3.27. The Balaban J connectivity index is 1.98. The number of aliphatic hydroxyl groups is 1. The van der Waals surface area contributed by atoms with Crippen molar-refractivity contribution < 1.29 is 5.11 Å². The van der Waals surface area contributed by atoms with E-state index >= 15 is 0 Å². The topological polar surface area (TPSA) is 97.0 Å². The molecule has 6 nitrogen and oxygen atoms in total. The maximum Gasteiger partial charge on any atom is 0.228 e. The Bertz CT molecular complexity index is 410. The van der Waals surface area contributed by atoms with Gasteiger partial charge in [0, 0.05) is 6.54 Å². The molecule has 18 heavy (non-hydrogen) atoms. The lowest BCUT2D eigenvalue weighted by Gasteiger charge is -2.35. The molecule has 2 unspecified atom stereocenters. The number of nitrogen functional groups attached to an aromatic ring is 1. The highest BCUT2D eigenvalue weighted by atomic mass is 35.5. The Labute approximate surface area is 111 Å². The molecule has 0 spiro atoms. The van der Waals surface area contributed by atoms with E-state index in [9.17, 15) is 5.11 Å². The summed E-state index contributed by atoms with van der Waals surface area (Å²) in [5.41, 5.74) is 4.77. The van der Waals surface area contributed by atoms with Crippen molar-refractivity contribution in [3.63, 3.8) is 0 Å². The summed E-state index contributed by atoms with van der Waals surface area (Å²) in [5.74, 6) is 0.915. The summed E-state index contributed by atoms with van der Waals surface area (Å²) < 4.78 is 0. The fraction of sp³-hybridized carbons (Fsp3) is 0.727. The van der Waals surface area contributed by atoms with Crippen molar-refractivity contribution in [3.8, 4) is 0 Å². The van der Waals surface area contributed by atoms with Gasteiger partial charge in [0.05, 0.1) is 5.60 Å². The standard InChI is InChI=1S/C11H18ClN5O/c1-7-3-2-4-11(18,5-7)6-14-10-16-8(12)15-9(13)17-10/h7,18H,2-6H2,1H3,(H3,13,14,15,16,17). The summed E-state index contributed by atoms with van der Waals surface area (Å²) in [4.78, 5) is 11.5. The van der Waals surface area contributed by atoms with Gasteiger partial charge in [0.25, 0.3) is 0 Å². The fourth-order valence-corrected chi connectivity index (χ4v) is 2.65. The summed E-state index contributed by atoms with van der Waals surface area (Å²) in [6.07, 6.45) is 3.79. The molecule has 4 N–H and O–H groups in total. The number of nitrogens with two attached hydrogens (primary N) is 1. The van der Waals surface area contributed by atoms with Crippen LogP contribution >= 0.6 is 11.6 Å². The van der Waals surface area contributed by atoms with E-state index in [2.05, 4.69) is 27.2 Å². The van der Waals surface area contributed by atoms with Crippen LogP contribution in [0.25, 0.3) is 0 Å². The first-order valence-corrected chi connectivity index (χ1v) is 6.48. The largest absolute Gasteiger partial charge is 0.388 e. The molecule has 2 rings (SSSR count). The number of hydrogen-bond donors (Lipinski definition) is 3. The van der Waals surface area contributed by atoms with Crippen molar-refractivity contribution in [1.82, 2.24) is 15.0 Å². The SMILES string of the molecule is CC1CCCC(O)(CNc2nc(N)nc(Cl)n2)C1. The lowest BCUT2D eigenvalue weighted by atomic mass is 9.79. The van der Waals surface area contributed by atoms with Gasteiger partial charge in [-0.1, -0.05) is 19.8 Å². The maximum atomic E-state index is 10.4. The molecular weight excluding hydrogens is 254 g/mol. The van der Waals surface area contributed by atoms with Crippen molar-refractivity contribution in [2.24, 2.45) is 5.92 Å². The summed E-state index contributed by atoms with van der Waals surface area (Å²) >= 11 is 5.68. The van der Waals surface area contributed by atoms with Gasteiger partial charge in [0.1, 0.15) is 0 Å². The Morgan fingerprint density at radius 2 is 2.28 bits per heavy atom. The maximum absolute atomic E-state index is 10.4. The van der Waals surface area contributed by atoms with Crippen molar-refractivity contribution >= 4 is 23.5 Å². The molecule has 0 saturated heterocycles. The zero-order chi connectivity index (χ0) is 13.2. The molecule has 1 aromatic heterocycles. The van der Waals surface area contributed by atoms with Crippen molar-refractivity contribution in [3.05, 3.63) is 5.28 Å². The van der Waals surface area contributed by atoms with Gasteiger partial charge in [-0.05, 0) is 30.4 Å². The number of anilines is 2. The van der Waals surface area contributed by atoms with Gasteiger partial charge >= 0.3 is 0 Å². The molecule has 1 aromatic rings. The van der Waals surface area contributed by atoms with Gasteiger partial charge < -0.3 is 16.2 Å². The monoisotopic (exact) mass is 271 g/mol. The molecule has 0 bridgehead atoms. The quantitative estimate of drug-likeness (QED) is 0.770. The molecule has 1 saturated carbocycles. The lowest BCUT2D eigenvalue weighted by Crippen LogP contribution is -2.41. The molecule has 1 fully saturated rings. The summed E-state index contributed by atoms with van der Waals surface area (Å²) in [7, 11) is 0. The molecule has 0 radical (unpaired) electrons. The number of rotatable bonds is 3. The van der Waals surface area contributed by atoms with Gasteiger partial charge in [0.2, 0.25) is 17.2 Å². The third-order valence-corrected chi connectivity index (χ3v) is 3.44. The van der Waals surface area contributed by atoms with E-state index in [-0.39, 0.29) is 11.2 Å². The van der Waals surface area contributed by atoms with E-state index in [1.807, 2.05) is 0 Å². The average molecular weight is 272 g/mol. The molecule has 1 heterocycles. The van der Waals surface area contributed by atoms with Crippen molar-refractivity contribution in [2.75, 3.05) is 17.6 Å². The first kappa shape index (κ1) is 13.3. The Morgan fingerprint density at radius 3 is 2.94 bits per heavy atom. The van der Waals surface area contributed by atoms with Crippen molar-refractivity contribution in [2.45, 2.75) is 38.2 Å². The zero-order valence-corrected chi connectivity index (χ0v) is 11.1. The van der Waals surface area contributed by atoms with E-state index in [1.165, 1.54) is 6.42 Å². The van der Waals surface area contributed by atoms with Crippen LogP contribution in [-0.2, 0) is 0 Å². The molecule has 100 valence electrons. The second-order valence-corrected chi connectivity index (χ2v) is 5.40. The first-order valence-electron chi connectivity index (χ1n) is 6.10. The van der Waals surface area contributed by atoms with Crippen LogP contribution < -0.4 is 11.1 Å². The van der Waals surface area contributed by atoms with Crippen LogP contribution in [0.1, 0.15) is 32.6 Å². The van der Waals surface area contributed by atoms with Gasteiger partial charge in [0.15, 0.2) is 0 Å². The molecule has 7 heteroatoms. The van der Waals surface area contributed by atoms with Crippen LogP contribution in [0.4, 0.5) is 11.9 Å². The Morgan fingerprint density at radius 1 is 1.50 bits per heavy atom. The molecular formula is C11H18ClN5O. The van der Waals surface area contributed by atoms with E-state index in [1.54, 1.807) is 0 Å². The van der Waals surface area contributed by atoms with Crippen molar-refractivity contribution in [1.29, 1.82) is 0 Å². The van der Waals surface area contributed by atoms with Crippen LogP contribution in [0.3, 0.4) is 0 Å². The fourth-order valence-electron chi connectivity index (χ4n) is 2.48. The predicted octanol–water partition coefficient (Wildman–Crippen LogP) is 1.46. The van der Waals surface area contributed by atoms with Gasteiger partial charge in [-0.2, -0.15) is 15.0 Å². The minimum atomic E-state index is -0.703. The van der Waals surface area contributed by atoms with Crippen LogP contribution in [0.2, 0.25) is 5.28 Å². The van der Waals surface area contributed by atoms with Crippen LogP contribution in [-0.4, -0.2) is 32.2 Å². The van der Waals surface area contributed by atoms with Crippen LogP contribution in [0.15, 0.2) is 0 Å². The molecule has 0 aromatic carbocycles. The second kappa shape index (κ2) is 5.24. The van der Waals surface area contributed by atoms with E-state index < -0.39 is 5.60 Å². The van der Waals surface area contributed by atoms with E-state index in [0.717, 1.165) is 19.3 Å². The zero-order valence-electron chi connectivity index (χ0n) is 10.4. The summed E-state index contributed by atoms with van der Waals surface area (Å²) in [6.45, 7) is 2.55. The number of aromatic nitrogens is 3. The second-order valence-electron chi connectivity index (χ2n) is 5.07. The number of nitrogens with one attached hydrogen (secondary N) is 1. The molecule has 2 atom stereocenters. The highest BCUT2D eigenvalue weighted by molar-refractivity contribution is 6.28. The molecule has 0 aliphatic heterocycles. The van der Waals surface area contributed by atoms with Gasteiger partial charge in [-0.15, -0.1) is 0 Å². The highest BCUT2D eigenvalue weighted by Crippen LogP contribution is 2.32. The molecule has 0 amide bonds. The minimum absolute atomic E-state index is 0.0500. The Kier molecular flexibility index (Phi) is 3.87. The number of nitrogens with zero attached hydrogens (tertiary/aromatic N) is 3. The number of halogens is 1. The molecule has 1 aliphatic carbocycles.